The topological polar surface area (TPSA) is 45.2 Å². The number of carbonyl (C=O) groups excluding carboxylic acids is 1. The molecule has 5 rings (SSSR count). The fourth-order valence-electron chi connectivity index (χ4n) is 7.20. The maximum atomic E-state index is 13.1. The first-order valence-electron chi connectivity index (χ1n) is 13.0. The maximum Gasteiger partial charge on any atom is 0.317 e. The van der Waals surface area contributed by atoms with Crippen LogP contribution < -0.4 is 5.32 Å². The van der Waals surface area contributed by atoms with E-state index in [1.165, 1.54) is 63.4 Å². The van der Waals surface area contributed by atoms with Crippen LogP contribution in [0.4, 0.5) is 4.79 Å². The number of unbranched alkanes of at least 4 members (excludes halogenated alkanes) is 2. The van der Waals surface area contributed by atoms with Crippen LogP contribution in [0, 0.1) is 29.1 Å². The molecule has 4 heteroatoms. The molecule has 1 heterocycles. The summed E-state index contributed by atoms with van der Waals surface area (Å²) in [6, 6.07) is 4.30. The third-order valence-electron chi connectivity index (χ3n) is 8.33. The summed E-state index contributed by atoms with van der Waals surface area (Å²) in [4.78, 5) is 19.4. The van der Waals surface area contributed by atoms with Gasteiger partial charge in [-0.05, 0) is 105 Å². The van der Waals surface area contributed by atoms with Crippen molar-refractivity contribution in [1.29, 1.82) is 0 Å². The Morgan fingerprint density at radius 1 is 1.13 bits per heavy atom. The minimum Gasteiger partial charge on any atom is -0.338 e. The van der Waals surface area contributed by atoms with Crippen molar-refractivity contribution in [1.82, 2.24) is 15.2 Å². The first kappa shape index (κ1) is 22.6. The highest BCUT2D eigenvalue weighted by atomic mass is 16.2. The summed E-state index contributed by atoms with van der Waals surface area (Å²) in [5, 5.41) is 3.26. The monoisotopic (exact) mass is 427 g/mol. The summed E-state index contributed by atoms with van der Waals surface area (Å²) >= 11 is 0. The van der Waals surface area contributed by atoms with E-state index in [-0.39, 0.29) is 7.46 Å². The minimum absolute atomic E-state index is 0. The molecule has 0 aliphatic heterocycles. The molecule has 1 N–H and O–H groups in total. The lowest BCUT2D eigenvalue weighted by atomic mass is 9.49. The van der Waals surface area contributed by atoms with E-state index in [2.05, 4.69) is 41.2 Å². The van der Waals surface area contributed by atoms with E-state index in [1.54, 1.807) is 0 Å². The molecule has 1 aromatic heterocycles. The van der Waals surface area contributed by atoms with E-state index >= 15 is 0 Å². The number of urea groups is 1. The van der Waals surface area contributed by atoms with Gasteiger partial charge in [0.2, 0.25) is 0 Å². The zero-order valence-corrected chi connectivity index (χ0v) is 19.8. The van der Waals surface area contributed by atoms with Gasteiger partial charge in [-0.3, -0.25) is 4.98 Å². The summed E-state index contributed by atoms with van der Waals surface area (Å²) < 4.78 is 0. The van der Waals surface area contributed by atoms with Gasteiger partial charge in [-0.1, -0.05) is 26.7 Å². The molecule has 4 bridgehead atoms. The molecule has 1 aromatic rings. The molecule has 4 aliphatic rings. The van der Waals surface area contributed by atoms with Gasteiger partial charge in [-0.2, -0.15) is 0 Å². The van der Waals surface area contributed by atoms with Gasteiger partial charge in [-0.25, -0.2) is 4.79 Å². The second-order valence-corrected chi connectivity index (χ2v) is 11.2. The molecule has 2 amide bonds. The zero-order chi connectivity index (χ0) is 21.7. The predicted molar refractivity (Wildman–Crippen MR) is 129 cm³/mol. The Bertz CT molecular complexity index is 675. The van der Waals surface area contributed by atoms with Gasteiger partial charge in [0.1, 0.15) is 0 Å². The van der Waals surface area contributed by atoms with Gasteiger partial charge in [0.05, 0.1) is 0 Å². The summed E-state index contributed by atoms with van der Waals surface area (Å²) in [5.41, 5.74) is 1.84. The average Bonchev–Trinajstić information content (AvgIpc) is 2.74. The highest BCUT2D eigenvalue weighted by Crippen LogP contribution is 2.61. The molecular formula is C27H45N3O. The lowest BCUT2D eigenvalue weighted by Crippen LogP contribution is -2.49. The zero-order valence-electron chi connectivity index (χ0n) is 19.8. The van der Waals surface area contributed by atoms with Crippen molar-refractivity contribution in [2.75, 3.05) is 19.6 Å². The van der Waals surface area contributed by atoms with Crippen LogP contribution in [-0.2, 0) is 6.42 Å². The van der Waals surface area contributed by atoms with Crippen LogP contribution >= 0.6 is 0 Å². The van der Waals surface area contributed by atoms with Crippen LogP contribution in [0.15, 0.2) is 24.5 Å². The van der Waals surface area contributed by atoms with Crippen LogP contribution in [-0.4, -0.2) is 35.5 Å². The molecular weight excluding hydrogens is 382 g/mol. The molecule has 0 spiro atoms. The summed E-state index contributed by atoms with van der Waals surface area (Å²) in [7, 11) is 0. The molecule has 4 fully saturated rings. The Morgan fingerprint density at radius 3 is 2.39 bits per heavy atom. The average molecular weight is 428 g/mol. The lowest BCUT2D eigenvalue weighted by molar-refractivity contribution is -0.0596. The van der Waals surface area contributed by atoms with Gasteiger partial charge < -0.3 is 10.2 Å². The van der Waals surface area contributed by atoms with E-state index in [0.29, 0.717) is 11.3 Å². The minimum atomic E-state index is 0. The molecule has 4 aliphatic carbocycles. The lowest BCUT2D eigenvalue weighted by Gasteiger charge is -2.57. The number of pyridine rings is 1. The standard InChI is InChI=1S/C27H43N3O.H2/c1-3-4-5-11-30(26(31)29-20-21(2)13-22-6-9-28-10-7-22)12-8-27-17-23-14-24(18-27)16-25(15-23)19-27;/h6-7,9-10,21,23-25H,3-5,8,11-20H2,1-2H3,(H,29,31);1H. The smallest absolute Gasteiger partial charge is 0.317 e. The molecule has 174 valence electrons. The molecule has 0 radical (unpaired) electrons. The number of nitrogens with zero attached hydrogens (tertiary/aromatic N) is 2. The molecule has 31 heavy (non-hydrogen) atoms. The highest BCUT2D eigenvalue weighted by Gasteiger charge is 2.50. The summed E-state index contributed by atoms with van der Waals surface area (Å²) in [6.07, 6.45) is 18.2. The Hall–Kier alpha value is -1.58. The van der Waals surface area contributed by atoms with Crippen LogP contribution in [0.3, 0.4) is 0 Å². The third-order valence-corrected chi connectivity index (χ3v) is 8.33. The van der Waals surface area contributed by atoms with Crippen LogP contribution in [0.5, 0.6) is 0 Å². The van der Waals surface area contributed by atoms with Crippen molar-refractivity contribution in [3.63, 3.8) is 0 Å². The summed E-state index contributed by atoms with van der Waals surface area (Å²) in [6.45, 7) is 7.05. The number of hydrogen-bond donors (Lipinski definition) is 1. The summed E-state index contributed by atoms with van der Waals surface area (Å²) in [5.74, 6) is 3.39. The number of rotatable bonds is 11. The first-order chi connectivity index (χ1) is 15.0. The highest BCUT2D eigenvalue weighted by molar-refractivity contribution is 5.74. The van der Waals surface area contributed by atoms with E-state index in [9.17, 15) is 4.79 Å². The number of nitrogens with one attached hydrogen (secondary N) is 1. The van der Waals surface area contributed by atoms with Crippen LogP contribution in [0.1, 0.15) is 85.0 Å². The van der Waals surface area contributed by atoms with Crippen LogP contribution in [0.2, 0.25) is 0 Å². The number of amides is 2. The molecule has 4 nitrogen and oxygen atoms in total. The van der Waals surface area contributed by atoms with E-state index in [4.69, 9.17) is 0 Å². The first-order valence-corrected chi connectivity index (χ1v) is 13.0. The van der Waals surface area contributed by atoms with Gasteiger partial charge in [0.15, 0.2) is 0 Å². The van der Waals surface area contributed by atoms with Gasteiger partial charge >= 0.3 is 6.03 Å². The molecule has 4 saturated carbocycles. The SMILES string of the molecule is CCCCCN(CCC12CC3CC(CC(C3)C1)C2)C(=O)NCC(C)Cc1ccncc1.[HH]. The Balaban J connectivity index is 0.00000289. The maximum absolute atomic E-state index is 13.1. The Kier molecular flexibility index (Phi) is 7.55. The van der Waals surface area contributed by atoms with Crippen molar-refractivity contribution >= 4 is 6.03 Å². The largest absolute Gasteiger partial charge is 0.338 e. The predicted octanol–water partition coefficient (Wildman–Crippen LogP) is 6.31. The number of aromatic nitrogens is 1. The van der Waals surface area contributed by atoms with E-state index < -0.39 is 0 Å². The van der Waals surface area contributed by atoms with Gasteiger partial charge in [0.25, 0.3) is 0 Å². The molecule has 1 atom stereocenters. The van der Waals surface area contributed by atoms with Gasteiger partial charge in [0, 0.05) is 33.5 Å². The van der Waals surface area contributed by atoms with E-state index in [1.807, 2.05) is 12.4 Å². The van der Waals surface area contributed by atoms with Crippen molar-refractivity contribution < 1.29 is 6.22 Å². The quantitative estimate of drug-likeness (QED) is 0.420. The Labute approximate surface area is 191 Å². The van der Waals surface area contributed by atoms with Gasteiger partial charge in [-0.15, -0.1) is 0 Å². The molecule has 1 unspecified atom stereocenters. The van der Waals surface area contributed by atoms with Crippen molar-refractivity contribution in [2.24, 2.45) is 29.1 Å². The normalized spacial score (nSPS) is 29.7. The van der Waals surface area contributed by atoms with Crippen molar-refractivity contribution in [2.45, 2.75) is 84.5 Å². The fourth-order valence-corrected chi connectivity index (χ4v) is 7.20. The second-order valence-electron chi connectivity index (χ2n) is 11.2. The van der Waals surface area contributed by atoms with Crippen LogP contribution in [0.25, 0.3) is 0 Å². The number of carbonyl (C=O) groups is 1. The Morgan fingerprint density at radius 2 is 1.77 bits per heavy atom. The van der Waals surface area contributed by atoms with E-state index in [0.717, 1.165) is 50.2 Å². The third kappa shape index (κ3) is 6.02. The second kappa shape index (κ2) is 10.4. The number of hydrogen-bond acceptors (Lipinski definition) is 2. The van der Waals surface area contributed by atoms with Crippen molar-refractivity contribution in [3.05, 3.63) is 30.1 Å². The molecule has 0 saturated heterocycles. The van der Waals surface area contributed by atoms with Crippen molar-refractivity contribution in [3.8, 4) is 0 Å². The fraction of sp³-hybridized carbons (Fsp3) is 0.778. The molecule has 0 aromatic carbocycles.